The number of rotatable bonds is 7. The van der Waals surface area contributed by atoms with Crippen molar-refractivity contribution in [2.75, 3.05) is 6.54 Å². The molecule has 1 fully saturated rings. The van der Waals surface area contributed by atoms with Crippen LogP contribution in [-0.4, -0.2) is 17.4 Å². The van der Waals surface area contributed by atoms with E-state index in [-0.39, 0.29) is 23.7 Å². The SMILES string of the molecule is NCC(c1ccccc1)C(c1cc(-c2ccccc2)ccn1)C1CCC(C(N)=O)CC1. The standard InChI is InChI=1S/C27H31N3O/c28-18-24(20-9-5-2-6-10-20)26(21-11-13-22(14-12-21)27(29)31)25-17-23(15-16-30-25)19-7-3-1-4-8-19/h1-10,15-17,21-22,24,26H,11-14,18,28H2,(H2,29,31). The number of nitrogens with two attached hydrogens (primary N) is 2. The molecule has 1 aliphatic rings. The van der Waals surface area contributed by atoms with E-state index in [1.807, 2.05) is 18.3 Å². The fourth-order valence-electron chi connectivity index (χ4n) is 5.17. The average Bonchev–Trinajstić information content (AvgIpc) is 2.84. The Morgan fingerprint density at radius 1 is 0.903 bits per heavy atom. The van der Waals surface area contributed by atoms with Crippen LogP contribution in [0.15, 0.2) is 79.0 Å². The van der Waals surface area contributed by atoms with Gasteiger partial charge >= 0.3 is 0 Å². The van der Waals surface area contributed by atoms with Gasteiger partial charge in [0.05, 0.1) is 0 Å². The van der Waals surface area contributed by atoms with Crippen LogP contribution in [0.2, 0.25) is 0 Å². The summed E-state index contributed by atoms with van der Waals surface area (Å²) in [7, 11) is 0. The molecule has 1 aromatic heterocycles. The second-order valence-corrected chi connectivity index (χ2v) is 8.63. The predicted octanol–water partition coefficient (Wildman–Crippen LogP) is 4.87. The Hall–Kier alpha value is -2.98. The van der Waals surface area contributed by atoms with Crippen LogP contribution in [0.5, 0.6) is 0 Å². The van der Waals surface area contributed by atoms with Crippen molar-refractivity contribution in [1.82, 2.24) is 4.98 Å². The van der Waals surface area contributed by atoms with Crippen molar-refractivity contribution in [2.45, 2.75) is 37.5 Å². The summed E-state index contributed by atoms with van der Waals surface area (Å²) in [6.07, 6.45) is 5.55. The minimum absolute atomic E-state index is 0.00596. The van der Waals surface area contributed by atoms with E-state index in [1.165, 1.54) is 16.7 Å². The number of carbonyl (C=O) groups excluding carboxylic acids is 1. The van der Waals surface area contributed by atoms with Gasteiger partial charge in [-0.2, -0.15) is 0 Å². The fourth-order valence-corrected chi connectivity index (χ4v) is 5.17. The molecule has 4 nitrogen and oxygen atoms in total. The summed E-state index contributed by atoms with van der Waals surface area (Å²) in [5.41, 5.74) is 16.7. The Bertz CT molecular complexity index is 982. The molecule has 3 aromatic rings. The van der Waals surface area contributed by atoms with Gasteiger partial charge in [0.1, 0.15) is 0 Å². The third-order valence-electron chi connectivity index (χ3n) is 6.83. The Morgan fingerprint density at radius 2 is 1.55 bits per heavy atom. The zero-order valence-electron chi connectivity index (χ0n) is 17.9. The monoisotopic (exact) mass is 413 g/mol. The molecule has 0 bridgehead atoms. The van der Waals surface area contributed by atoms with Crippen LogP contribution in [0.3, 0.4) is 0 Å². The van der Waals surface area contributed by atoms with Crippen LogP contribution in [0, 0.1) is 11.8 Å². The van der Waals surface area contributed by atoms with Crippen molar-refractivity contribution in [3.8, 4) is 11.1 Å². The maximum absolute atomic E-state index is 11.7. The predicted molar refractivity (Wildman–Crippen MR) is 125 cm³/mol. The Labute approximate surface area is 184 Å². The molecule has 4 N–H and O–H groups in total. The zero-order chi connectivity index (χ0) is 21.6. The van der Waals surface area contributed by atoms with Crippen LogP contribution in [0.25, 0.3) is 11.1 Å². The number of primary amides is 1. The average molecular weight is 414 g/mol. The van der Waals surface area contributed by atoms with Gasteiger partial charge in [-0.1, -0.05) is 60.7 Å². The van der Waals surface area contributed by atoms with E-state index in [9.17, 15) is 4.79 Å². The van der Waals surface area contributed by atoms with Crippen LogP contribution in [-0.2, 0) is 4.79 Å². The third-order valence-corrected chi connectivity index (χ3v) is 6.83. The van der Waals surface area contributed by atoms with Crippen molar-refractivity contribution in [1.29, 1.82) is 0 Å². The highest BCUT2D eigenvalue weighted by molar-refractivity contribution is 5.76. The molecule has 0 spiro atoms. The summed E-state index contributed by atoms with van der Waals surface area (Å²) in [4.78, 5) is 16.5. The number of amides is 1. The van der Waals surface area contributed by atoms with E-state index >= 15 is 0 Å². The molecule has 4 heteroatoms. The van der Waals surface area contributed by atoms with Crippen LogP contribution < -0.4 is 11.5 Å². The number of hydrogen-bond acceptors (Lipinski definition) is 3. The molecule has 0 aliphatic heterocycles. The van der Waals surface area contributed by atoms with E-state index < -0.39 is 0 Å². The first-order valence-electron chi connectivity index (χ1n) is 11.2. The lowest BCUT2D eigenvalue weighted by Gasteiger charge is -2.37. The van der Waals surface area contributed by atoms with Crippen molar-refractivity contribution in [3.63, 3.8) is 0 Å². The normalized spacial score (nSPS) is 20.7. The third kappa shape index (κ3) is 4.86. The molecule has 1 heterocycles. The number of pyridine rings is 1. The first-order valence-corrected chi connectivity index (χ1v) is 11.2. The second kappa shape index (κ2) is 9.88. The number of hydrogen-bond donors (Lipinski definition) is 2. The molecule has 0 radical (unpaired) electrons. The summed E-state index contributed by atoms with van der Waals surface area (Å²) in [5.74, 6) is 0.619. The van der Waals surface area contributed by atoms with Gasteiger partial charge in [0.25, 0.3) is 0 Å². The highest BCUT2D eigenvalue weighted by Crippen LogP contribution is 2.45. The lowest BCUT2D eigenvalue weighted by atomic mass is 9.68. The molecule has 1 amide bonds. The Balaban J connectivity index is 1.71. The fraction of sp³-hybridized carbons (Fsp3) is 0.333. The van der Waals surface area contributed by atoms with Crippen LogP contribution in [0.1, 0.15) is 48.8 Å². The first kappa shape index (κ1) is 21.3. The molecule has 1 saturated carbocycles. The molecule has 2 atom stereocenters. The van der Waals surface area contributed by atoms with Gasteiger partial charge in [-0.25, -0.2) is 0 Å². The number of benzene rings is 2. The van der Waals surface area contributed by atoms with Crippen LogP contribution >= 0.6 is 0 Å². The minimum atomic E-state index is -0.169. The Morgan fingerprint density at radius 3 is 2.16 bits per heavy atom. The van der Waals surface area contributed by atoms with E-state index in [0.717, 1.165) is 31.4 Å². The van der Waals surface area contributed by atoms with Gasteiger partial charge in [-0.15, -0.1) is 0 Å². The largest absolute Gasteiger partial charge is 0.369 e. The summed E-state index contributed by atoms with van der Waals surface area (Å²) in [5, 5.41) is 0. The van der Waals surface area contributed by atoms with E-state index in [4.69, 9.17) is 16.5 Å². The van der Waals surface area contributed by atoms with Crippen LogP contribution in [0.4, 0.5) is 0 Å². The zero-order valence-corrected chi connectivity index (χ0v) is 17.9. The van der Waals surface area contributed by atoms with Gasteiger partial charge in [-0.3, -0.25) is 9.78 Å². The summed E-state index contributed by atoms with van der Waals surface area (Å²) in [6, 6.07) is 25.2. The summed E-state index contributed by atoms with van der Waals surface area (Å²) < 4.78 is 0. The van der Waals surface area contributed by atoms with Crippen molar-refractivity contribution < 1.29 is 4.79 Å². The number of aromatic nitrogens is 1. The number of nitrogens with zero attached hydrogens (tertiary/aromatic N) is 1. The van der Waals surface area contributed by atoms with E-state index in [1.54, 1.807) is 0 Å². The molecule has 2 unspecified atom stereocenters. The lowest BCUT2D eigenvalue weighted by molar-refractivity contribution is -0.123. The molecular weight excluding hydrogens is 382 g/mol. The smallest absolute Gasteiger partial charge is 0.220 e. The van der Waals surface area contributed by atoms with Gasteiger partial charge in [0.2, 0.25) is 5.91 Å². The number of carbonyl (C=O) groups is 1. The highest BCUT2D eigenvalue weighted by Gasteiger charge is 2.36. The quantitative estimate of drug-likeness (QED) is 0.580. The minimum Gasteiger partial charge on any atom is -0.369 e. The van der Waals surface area contributed by atoms with Crippen molar-refractivity contribution in [3.05, 3.63) is 90.3 Å². The molecule has 1 aliphatic carbocycles. The van der Waals surface area contributed by atoms with Gasteiger partial charge in [0.15, 0.2) is 0 Å². The molecule has 2 aromatic carbocycles. The molecule has 160 valence electrons. The lowest BCUT2D eigenvalue weighted by Crippen LogP contribution is -2.33. The van der Waals surface area contributed by atoms with Gasteiger partial charge in [-0.05, 0) is 67.0 Å². The van der Waals surface area contributed by atoms with Crippen molar-refractivity contribution >= 4 is 5.91 Å². The highest BCUT2D eigenvalue weighted by atomic mass is 16.1. The summed E-state index contributed by atoms with van der Waals surface area (Å²) in [6.45, 7) is 0.557. The first-order chi connectivity index (χ1) is 15.2. The molecular formula is C27H31N3O. The maximum Gasteiger partial charge on any atom is 0.220 e. The summed E-state index contributed by atoms with van der Waals surface area (Å²) >= 11 is 0. The Kier molecular flexibility index (Phi) is 6.78. The van der Waals surface area contributed by atoms with Gasteiger partial charge < -0.3 is 11.5 Å². The topological polar surface area (TPSA) is 82.0 Å². The van der Waals surface area contributed by atoms with Crippen molar-refractivity contribution in [2.24, 2.45) is 23.3 Å². The van der Waals surface area contributed by atoms with Gasteiger partial charge in [0, 0.05) is 29.6 Å². The molecule has 0 saturated heterocycles. The van der Waals surface area contributed by atoms with E-state index in [2.05, 4.69) is 60.7 Å². The van der Waals surface area contributed by atoms with E-state index in [0.29, 0.717) is 12.5 Å². The molecule has 31 heavy (non-hydrogen) atoms. The maximum atomic E-state index is 11.7. The second-order valence-electron chi connectivity index (χ2n) is 8.63. The molecule has 4 rings (SSSR count).